The Bertz CT molecular complexity index is 418. The Morgan fingerprint density at radius 1 is 1.41 bits per heavy atom. The van der Waals surface area contributed by atoms with Crippen molar-refractivity contribution < 1.29 is 18.0 Å². The van der Waals surface area contributed by atoms with Crippen LogP contribution in [-0.2, 0) is 0 Å². The molecule has 1 nitrogen and oxygen atoms in total. The van der Waals surface area contributed by atoms with Gasteiger partial charge in [0.15, 0.2) is 5.78 Å². The van der Waals surface area contributed by atoms with Crippen LogP contribution in [0.15, 0.2) is 23.1 Å². The van der Waals surface area contributed by atoms with Crippen molar-refractivity contribution in [2.75, 3.05) is 5.33 Å². The van der Waals surface area contributed by atoms with E-state index >= 15 is 0 Å². The number of carbonyl (C=O) groups excluding carboxylic acids is 1. The van der Waals surface area contributed by atoms with Gasteiger partial charge in [-0.25, -0.2) is 0 Å². The van der Waals surface area contributed by atoms with E-state index in [2.05, 4.69) is 15.9 Å². The summed E-state index contributed by atoms with van der Waals surface area (Å²) in [6.07, 6.45) is 0.338. The molecular weight excluding hydrogens is 317 g/mol. The molecule has 0 aliphatic heterocycles. The molecular formula is C11H10BrF3OS. The fraction of sp³-hybridized carbons (Fsp3) is 0.364. The van der Waals surface area contributed by atoms with Crippen LogP contribution in [0.5, 0.6) is 0 Å². The summed E-state index contributed by atoms with van der Waals surface area (Å²) in [6, 6.07) is 4.28. The zero-order valence-corrected chi connectivity index (χ0v) is 11.4. The highest BCUT2D eigenvalue weighted by Crippen LogP contribution is 2.38. The molecule has 0 unspecified atom stereocenters. The highest BCUT2D eigenvalue weighted by molar-refractivity contribution is 9.09. The van der Waals surface area contributed by atoms with Crippen molar-refractivity contribution in [1.82, 2.24) is 0 Å². The molecule has 0 heterocycles. The van der Waals surface area contributed by atoms with Crippen molar-refractivity contribution in [2.24, 2.45) is 0 Å². The van der Waals surface area contributed by atoms with Crippen molar-refractivity contribution in [2.45, 2.75) is 23.7 Å². The lowest BCUT2D eigenvalue weighted by atomic mass is 10.1. The van der Waals surface area contributed by atoms with Gasteiger partial charge in [-0.1, -0.05) is 22.0 Å². The minimum Gasteiger partial charge on any atom is -0.294 e. The summed E-state index contributed by atoms with van der Waals surface area (Å²) in [6.45, 7) is 1.57. The molecule has 0 atom stereocenters. The molecule has 1 rings (SSSR count). The van der Waals surface area contributed by atoms with E-state index in [1.165, 1.54) is 18.2 Å². The molecule has 0 amide bonds. The number of alkyl halides is 4. The quantitative estimate of drug-likeness (QED) is 0.458. The van der Waals surface area contributed by atoms with Gasteiger partial charge in [0.1, 0.15) is 0 Å². The first-order valence-corrected chi connectivity index (χ1v) is 6.73. The molecule has 1 aromatic rings. The van der Waals surface area contributed by atoms with Crippen molar-refractivity contribution in [3.05, 3.63) is 29.3 Å². The van der Waals surface area contributed by atoms with E-state index in [9.17, 15) is 18.0 Å². The van der Waals surface area contributed by atoms with E-state index in [-0.39, 0.29) is 22.4 Å². The van der Waals surface area contributed by atoms with Gasteiger partial charge in [0.2, 0.25) is 0 Å². The summed E-state index contributed by atoms with van der Waals surface area (Å²) in [4.78, 5) is 11.7. The second-order valence-electron chi connectivity index (χ2n) is 3.39. The van der Waals surface area contributed by atoms with Crippen LogP contribution in [0.25, 0.3) is 0 Å². The number of carbonyl (C=O) groups is 1. The summed E-state index contributed by atoms with van der Waals surface area (Å²) in [7, 11) is 0. The Morgan fingerprint density at radius 3 is 2.53 bits per heavy atom. The van der Waals surface area contributed by atoms with Crippen molar-refractivity contribution >= 4 is 33.5 Å². The topological polar surface area (TPSA) is 17.1 Å². The standard InChI is InChI=1S/C11H10BrF3OS/c1-7-6-8(9(16)4-5-12)2-3-10(7)17-11(13,14)15/h2-3,6H,4-5H2,1H3. The van der Waals surface area contributed by atoms with Gasteiger partial charge < -0.3 is 0 Å². The number of hydrogen-bond acceptors (Lipinski definition) is 2. The van der Waals surface area contributed by atoms with Gasteiger partial charge in [0.05, 0.1) is 0 Å². The number of thioether (sulfide) groups is 1. The van der Waals surface area contributed by atoms with Gasteiger partial charge in [-0.15, -0.1) is 0 Å². The van der Waals surface area contributed by atoms with E-state index in [4.69, 9.17) is 0 Å². The largest absolute Gasteiger partial charge is 0.446 e. The lowest BCUT2D eigenvalue weighted by molar-refractivity contribution is -0.0328. The fourth-order valence-corrected chi connectivity index (χ4v) is 2.26. The van der Waals surface area contributed by atoms with Gasteiger partial charge in [0, 0.05) is 22.2 Å². The van der Waals surface area contributed by atoms with Crippen LogP contribution >= 0.6 is 27.7 Å². The second kappa shape index (κ2) is 5.91. The first-order chi connectivity index (χ1) is 7.83. The second-order valence-corrected chi connectivity index (χ2v) is 5.29. The molecule has 6 heteroatoms. The highest BCUT2D eigenvalue weighted by atomic mass is 79.9. The smallest absolute Gasteiger partial charge is 0.294 e. The Kier molecular flexibility index (Phi) is 5.06. The number of hydrogen-bond donors (Lipinski definition) is 0. The average molecular weight is 327 g/mol. The van der Waals surface area contributed by atoms with Gasteiger partial charge >= 0.3 is 5.51 Å². The molecule has 0 spiro atoms. The van der Waals surface area contributed by atoms with Crippen LogP contribution in [0.1, 0.15) is 22.3 Å². The number of ketones is 1. The van der Waals surface area contributed by atoms with Crippen LogP contribution < -0.4 is 0 Å². The first-order valence-electron chi connectivity index (χ1n) is 4.79. The summed E-state index contributed by atoms with van der Waals surface area (Å²) in [5, 5.41) is 0.546. The predicted octanol–water partition coefficient (Wildman–Crippen LogP) is 4.57. The maximum absolute atomic E-state index is 12.2. The number of benzene rings is 1. The molecule has 0 saturated heterocycles. The van der Waals surface area contributed by atoms with Gasteiger partial charge in [0.25, 0.3) is 0 Å². The van der Waals surface area contributed by atoms with Crippen LogP contribution in [0.3, 0.4) is 0 Å². The van der Waals surface area contributed by atoms with Crippen LogP contribution in [0.4, 0.5) is 13.2 Å². The zero-order chi connectivity index (χ0) is 13.1. The normalized spacial score (nSPS) is 11.6. The van der Waals surface area contributed by atoms with Crippen molar-refractivity contribution in [3.63, 3.8) is 0 Å². The zero-order valence-electron chi connectivity index (χ0n) is 8.97. The lowest BCUT2D eigenvalue weighted by Gasteiger charge is -2.09. The molecule has 0 saturated carbocycles. The molecule has 0 aliphatic carbocycles. The Hall–Kier alpha value is -0.490. The summed E-state index contributed by atoms with van der Waals surface area (Å²) >= 11 is 2.99. The predicted molar refractivity (Wildman–Crippen MR) is 65.8 cm³/mol. The first kappa shape index (κ1) is 14.6. The van der Waals surface area contributed by atoms with Crippen LogP contribution in [0.2, 0.25) is 0 Å². The number of halogens is 4. The molecule has 0 bridgehead atoms. The Morgan fingerprint density at radius 2 is 2.06 bits per heavy atom. The van der Waals surface area contributed by atoms with E-state index in [1.54, 1.807) is 6.92 Å². The number of rotatable bonds is 4. The van der Waals surface area contributed by atoms with Crippen LogP contribution in [0, 0.1) is 6.92 Å². The minimum atomic E-state index is -4.30. The van der Waals surface area contributed by atoms with E-state index in [0.29, 0.717) is 22.9 Å². The Balaban J connectivity index is 2.90. The maximum atomic E-state index is 12.2. The van der Waals surface area contributed by atoms with E-state index in [1.807, 2.05) is 0 Å². The van der Waals surface area contributed by atoms with E-state index < -0.39 is 5.51 Å². The molecule has 17 heavy (non-hydrogen) atoms. The Labute approximate surface area is 110 Å². The molecule has 0 aliphatic rings. The maximum Gasteiger partial charge on any atom is 0.446 e. The average Bonchev–Trinajstić information content (AvgIpc) is 2.19. The molecule has 0 radical (unpaired) electrons. The summed E-state index contributed by atoms with van der Waals surface area (Å²) in [5.74, 6) is -0.0754. The SMILES string of the molecule is Cc1cc(C(=O)CCBr)ccc1SC(F)(F)F. The van der Waals surface area contributed by atoms with Crippen molar-refractivity contribution in [1.29, 1.82) is 0 Å². The third-order valence-electron chi connectivity index (χ3n) is 2.04. The number of aryl methyl sites for hydroxylation is 1. The van der Waals surface area contributed by atoms with Gasteiger partial charge in [-0.05, 0) is 36.4 Å². The lowest BCUT2D eigenvalue weighted by Crippen LogP contribution is -2.03. The number of Topliss-reactive ketones (excluding diaryl/α,β-unsaturated/α-hetero) is 1. The van der Waals surface area contributed by atoms with E-state index in [0.717, 1.165) is 0 Å². The highest BCUT2D eigenvalue weighted by Gasteiger charge is 2.29. The van der Waals surface area contributed by atoms with Gasteiger partial charge in [-0.2, -0.15) is 13.2 Å². The monoisotopic (exact) mass is 326 g/mol. The molecule has 0 aromatic heterocycles. The van der Waals surface area contributed by atoms with Crippen molar-refractivity contribution in [3.8, 4) is 0 Å². The summed E-state index contributed by atoms with van der Waals surface area (Å²) < 4.78 is 36.6. The van der Waals surface area contributed by atoms with Crippen LogP contribution in [-0.4, -0.2) is 16.6 Å². The molecule has 0 N–H and O–H groups in total. The fourth-order valence-electron chi connectivity index (χ4n) is 1.29. The third-order valence-corrected chi connectivity index (χ3v) is 3.35. The summed E-state index contributed by atoms with van der Waals surface area (Å²) in [5.41, 5.74) is -3.38. The van der Waals surface area contributed by atoms with Gasteiger partial charge in [-0.3, -0.25) is 4.79 Å². The molecule has 1 aromatic carbocycles. The minimum absolute atomic E-state index is 0.0754. The molecule has 0 fully saturated rings. The third kappa shape index (κ3) is 4.71. The molecule has 94 valence electrons.